The Morgan fingerprint density at radius 3 is 1.89 bits per heavy atom. The number of rotatable bonds is 3. The first kappa shape index (κ1) is 31.2. The number of carboxylic acids is 2. The number of hydrogen-bond acceptors (Lipinski definition) is 6. The number of likely N-dealkylation sites (tertiary alicyclic amines) is 2. The number of carbonyl (C=O) groups is 4. The van der Waals surface area contributed by atoms with Crippen LogP contribution in [0.25, 0.3) is 0 Å². The van der Waals surface area contributed by atoms with Gasteiger partial charge < -0.3 is 20.4 Å². The zero-order chi connectivity index (χ0) is 28.0. The first-order chi connectivity index (χ1) is 16.4. The number of hydrogen-bond donors (Lipinski definition) is 3. The number of fused-ring (bicyclic) bond motifs is 1. The van der Waals surface area contributed by atoms with Gasteiger partial charge in [0.1, 0.15) is 6.04 Å². The number of halogens is 6. The Morgan fingerprint density at radius 2 is 1.53 bits per heavy atom. The summed E-state index contributed by atoms with van der Waals surface area (Å²) in [5.41, 5.74) is 0. The summed E-state index contributed by atoms with van der Waals surface area (Å²) in [7, 11) is 1.64. The van der Waals surface area contributed by atoms with E-state index in [0.29, 0.717) is 5.92 Å². The highest BCUT2D eigenvalue weighted by Gasteiger charge is 2.49. The van der Waals surface area contributed by atoms with Crippen molar-refractivity contribution < 1.29 is 55.7 Å². The van der Waals surface area contributed by atoms with E-state index in [0.717, 1.165) is 26.1 Å². The van der Waals surface area contributed by atoms with Crippen molar-refractivity contribution in [3.63, 3.8) is 0 Å². The molecule has 2 aliphatic heterocycles. The second-order valence-electron chi connectivity index (χ2n) is 7.93. The Kier molecular flexibility index (Phi) is 10.7. The summed E-state index contributed by atoms with van der Waals surface area (Å²) in [6.07, 6.45) is -9.39. The maximum atomic E-state index is 12.0. The highest BCUT2D eigenvalue weighted by Crippen LogP contribution is 2.36. The van der Waals surface area contributed by atoms with Crippen molar-refractivity contribution >= 4 is 35.1 Å². The van der Waals surface area contributed by atoms with Crippen molar-refractivity contribution in [1.82, 2.24) is 15.1 Å². The van der Waals surface area contributed by atoms with Crippen LogP contribution in [0.2, 0.25) is 0 Å². The van der Waals surface area contributed by atoms with Crippen molar-refractivity contribution in [1.29, 1.82) is 0 Å². The standard InChI is InChI=1S/C16H23N3O2S.2C2HF3O2/c1-10-4-5-13(22-10)8-18-7-12-6-14(16(21)17-3)19(11(2)20)15(12)9-18;2*3-2(4,5)1(6)7/h4-5,12,14-15H,6-9H2,1-3H3,(H,17,21);2*(H,6,7)/t12-,14-,15+;;/m0../s1. The molecule has 0 spiro atoms. The van der Waals surface area contributed by atoms with Crippen LogP contribution in [0.5, 0.6) is 0 Å². The molecule has 0 saturated carbocycles. The number of carbonyl (C=O) groups excluding carboxylic acids is 2. The van der Waals surface area contributed by atoms with Crippen LogP contribution in [0.15, 0.2) is 12.1 Å². The maximum absolute atomic E-state index is 12.0. The predicted octanol–water partition coefficient (Wildman–Crippen LogP) is 2.49. The van der Waals surface area contributed by atoms with Gasteiger partial charge in [-0.1, -0.05) is 0 Å². The number of thiophene rings is 1. The largest absolute Gasteiger partial charge is 0.490 e. The number of likely N-dealkylation sites (N-methyl/N-ethyl adjacent to an activating group) is 1. The molecule has 0 aliphatic carbocycles. The van der Waals surface area contributed by atoms with Crippen LogP contribution >= 0.6 is 11.3 Å². The van der Waals surface area contributed by atoms with Gasteiger partial charge in [0.05, 0.1) is 0 Å². The molecule has 2 fully saturated rings. The highest BCUT2D eigenvalue weighted by atomic mass is 32.1. The second kappa shape index (κ2) is 12.4. The topological polar surface area (TPSA) is 127 Å². The van der Waals surface area contributed by atoms with E-state index in [9.17, 15) is 35.9 Å². The minimum atomic E-state index is -5.08. The van der Waals surface area contributed by atoms with Gasteiger partial charge in [-0.2, -0.15) is 26.3 Å². The molecule has 36 heavy (non-hydrogen) atoms. The van der Waals surface area contributed by atoms with Gasteiger partial charge in [-0.15, -0.1) is 11.3 Å². The minimum Gasteiger partial charge on any atom is -0.475 e. The average molecular weight is 549 g/mol. The first-order valence-corrected chi connectivity index (χ1v) is 11.1. The summed E-state index contributed by atoms with van der Waals surface area (Å²) >= 11 is 1.83. The SMILES string of the molecule is CNC(=O)[C@@H]1C[C@H]2CN(Cc3ccc(C)s3)C[C@H]2N1C(C)=O.O=C(O)C(F)(F)F.O=C(O)C(F)(F)F. The summed E-state index contributed by atoms with van der Waals surface area (Å²) in [5.74, 6) is -5.13. The summed E-state index contributed by atoms with van der Waals surface area (Å²) in [5, 5.41) is 16.9. The molecule has 16 heteroatoms. The highest BCUT2D eigenvalue weighted by molar-refractivity contribution is 7.11. The van der Waals surface area contributed by atoms with E-state index in [1.54, 1.807) is 14.0 Å². The zero-order valence-corrected chi connectivity index (χ0v) is 20.1. The molecule has 0 radical (unpaired) electrons. The Labute approximate surface area is 205 Å². The molecule has 9 nitrogen and oxygen atoms in total. The molecule has 2 aliphatic rings. The fourth-order valence-corrected chi connectivity index (χ4v) is 4.83. The van der Waals surface area contributed by atoms with Crippen LogP contribution in [0, 0.1) is 12.8 Å². The molecule has 2 amide bonds. The Bertz CT molecular complexity index is 927. The molecule has 3 N–H and O–H groups in total. The Morgan fingerprint density at radius 1 is 1.03 bits per heavy atom. The lowest BCUT2D eigenvalue weighted by molar-refractivity contribution is -0.193. The van der Waals surface area contributed by atoms with Crippen molar-refractivity contribution in [2.45, 2.75) is 51.2 Å². The zero-order valence-electron chi connectivity index (χ0n) is 19.3. The van der Waals surface area contributed by atoms with Gasteiger partial charge in [0.15, 0.2) is 0 Å². The van der Waals surface area contributed by atoms with Crippen LogP contribution < -0.4 is 5.32 Å². The summed E-state index contributed by atoms with van der Waals surface area (Å²) in [6, 6.07) is 4.23. The third-order valence-corrected chi connectivity index (χ3v) is 6.26. The second-order valence-corrected chi connectivity index (χ2v) is 9.30. The van der Waals surface area contributed by atoms with Gasteiger partial charge in [0, 0.05) is 49.4 Å². The monoisotopic (exact) mass is 549 g/mol. The van der Waals surface area contributed by atoms with E-state index in [1.165, 1.54) is 9.75 Å². The summed E-state index contributed by atoms with van der Waals surface area (Å²) in [6.45, 7) is 6.48. The lowest BCUT2D eigenvalue weighted by atomic mass is 10.0. The number of nitrogens with zero attached hydrogens (tertiary/aromatic N) is 2. The average Bonchev–Trinajstić information content (AvgIpc) is 3.40. The molecule has 2 saturated heterocycles. The van der Waals surface area contributed by atoms with Gasteiger partial charge in [-0.25, -0.2) is 9.59 Å². The fourth-order valence-electron chi connectivity index (χ4n) is 3.89. The van der Waals surface area contributed by atoms with Crippen molar-refractivity contribution in [2.75, 3.05) is 20.1 Å². The van der Waals surface area contributed by atoms with Crippen LogP contribution in [-0.4, -0.2) is 88.3 Å². The number of alkyl halides is 6. The fraction of sp³-hybridized carbons (Fsp3) is 0.600. The molecule has 1 aromatic heterocycles. The molecule has 0 unspecified atom stereocenters. The molecule has 3 rings (SSSR count). The third-order valence-electron chi connectivity index (χ3n) is 5.27. The molecule has 0 bridgehead atoms. The molecular weight excluding hydrogens is 524 g/mol. The van der Waals surface area contributed by atoms with Crippen molar-refractivity contribution in [3.8, 4) is 0 Å². The van der Waals surface area contributed by atoms with Crippen LogP contribution in [-0.2, 0) is 25.7 Å². The third kappa shape index (κ3) is 8.96. The lowest BCUT2D eigenvalue weighted by Gasteiger charge is -2.28. The van der Waals surface area contributed by atoms with Gasteiger partial charge >= 0.3 is 24.3 Å². The van der Waals surface area contributed by atoms with Gasteiger partial charge in [-0.3, -0.25) is 14.5 Å². The summed E-state index contributed by atoms with van der Waals surface area (Å²) < 4.78 is 63.5. The molecule has 3 heterocycles. The van der Waals surface area contributed by atoms with E-state index in [2.05, 4.69) is 29.3 Å². The number of aliphatic carboxylic acids is 2. The molecule has 1 aromatic rings. The van der Waals surface area contributed by atoms with Crippen molar-refractivity contribution in [3.05, 3.63) is 21.9 Å². The van der Waals surface area contributed by atoms with E-state index in [4.69, 9.17) is 19.8 Å². The molecular formula is C20H25F6N3O6S. The van der Waals surface area contributed by atoms with E-state index >= 15 is 0 Å². The van der Waals surface area contributed by atoms with Crippen LogP contribution in [0.4, 0.5) is 26.3 Å². The predicted molar refractivity (Wildman–Crippen MR) is 114 cm³/mol. The van der Waals surface area contributed by atoms with Gasteiger partial charge in [-0.05, 0) is 31.4 Å². The number of nitrogens with one attached hydrogen (secondary N) is 1. The van der Waals surface area contributed by atoms with Crippen LogP contribution in [0.3, 0.4) is 0 Å². The minimum absolute atomic E-state index is 0.00918. The maximum Gasteiger partial charge on any atom is 0.490 e. The summed E-state index contributed by atoms with van der Waals surface area (Å²) in [4.78, 5) is 48.8. The quantitative estimate of drug-likeness (QED) is 0.495. The smallest absolute Gasteiger partial charge is 0.475 e. The number of amides is 2. The van der Waals surface area contributed by atoms with E-state index in [-0.39, 0.29) is 23.9 Å². The number of carboxylic acid groups (broad SMARTS) is 2. The van der Waals surface area contributed by atoms with Gasteiger partial charge in [0.25, 0.3) is 0 Å². The normalized spacial score (nSPS) is 21.5. The van der Waals surface area contributed by atoms with Gasteiger partial charge in [0.2, 0.25) is 11.8 Å². The van der Waals surface area contributed by atoms with Crippen LogP contribution in [0.1, 0.15) is 23.1 Å². The molecule has 0 aromatic carbocycles. The van der Waals surface area contributed by atoms with E-state index in [1.807, 2.05) is 16.2 Å². The molecule has 3 atom stereocenters. The molecule has 204 valence electrons. The lowest BCUT2D eigenvalue weighted by Crippen LogP contribution is -2.49. The number of aryl methyl sites for hydroxylation is 1. The van der Waals surface area contributed by atoms with E-state index < -0.39 is 24.3 Å². The first-order valence-electron chi connectivity index (χ1n) is 10.3. The Hall–Kier alpha value is -2.88. The van der Waals surface area contributed by atoms with Crippen molar-refractivity contribution in [2.24, 2.45) is 5.92 Å². The Balaban J connectivity index is 0.000000383.